The lowest BCUT2D eigenvalue weighted by Gasteiger charge is -2.18. The van der Waals surface area contributed by atoms with Crippen molar-refractivity contribution in [3.05, 3.63) is 46.6 Å². The monoisotopic (exact) mass is 447 g/mol. The number of carbonyl (C=O) groups is 1. The van der Waals surface area contributed by atoms with Crippen LogP contribution in [0.3, 0.4) is 0 Å². The molecular weight excluding hydrogens is 422 g/mol. The second kappa shape index (κ2) is 8.49. The van der Waals surface area contributed by atoms with E-state index in [1.807, 2.05) is 23.6 Å². The van der Waals surface area contributed by atoms with Crippen LogP contribution in [0.1, 0.15) is 36.6 Å². The van der Waals surface area contributed by atoms with Crippen molar-refractivity contribution in [1.82, 2.24) is 13.9 Å². The highest BCUT2D eigenvalue weighted by Crippen LogP contribution is 2.33. The summed E-state index contributed by atoms with van der Waals surface area (Å²) in [5.74, 6) is -0.311. The third-order valence-corrected chi connectivity index (χ3v) is 8.41. The van der Waals surface area contributed by atoms with E-state index in [1.165, 1.54) is 11.3 Å². The van der Waals surface area contributed by atoms with Gasteiger partial charge in [0.1, 0.15) is 6.54 Å². The molecule has 0 N–H and O–H groups in total. The number of nitrogens with zero attached hydrogens (tertiary/aromatic N) is 3. The van der Waals surface area contributed by atoms with Crippen LogP contribution in [0.2, 0.25) is 0 Å². The van der Waals surface area contributed by atoms with E-state index in [0.29, 0.717) is 31.0 Å². The van der Waals surface area contributed by atoms with Crippen molar-refractivity contribution in [2.24, 2.45) is 0 Å². The van der Waals surface area contributed by atoms with E-state index in [2.05, 4.69) is 4.98 Å². The van der Waals surface area contributed by atoms with Gasteiger partial charge in [-0.2, -0.15) is 4.31 Å². The summed E-state index contributed by atoms with van der Waals surface area (Å²) in [6.45, 7) is 5.29. The molecule has 2 aromatic heterocycles. The molecule has 30 heavy (non-hydrogen) atoms. The minimum atomic E-state index is -3.52. The zero-order valence-electron chi connectivity index (χ0n) is 17.1. The first-order chi connectivity index (χ1) is 14.4. The standard InChI is InChI=1S/C21H25N3O4S2/c1-3-28-19(25)13-24-15(2)17(20-21(24)22-14-29-20)12-16-8-4-5-9-18(16)30(26,27)23-10-6-7-11-23/h4-5,8-9,14H,3,6-7,10-13H2,1-2H3. The molecule has 0 aliphatic carbocycles. The molecule has 3 heterocycles. The third-order valence-electron chi connectivity index (χ3n) is 5.54. The molecule has 7 nitrogen and oxygen atoms in total. The summed E-state index contributed by atoms with van der Waals surface area (Å²) in [5.41, 5.74) is 5.16. The Morgan fingerprint density at radius 2 is 1.97 bits per heavy atom. The van der Waals surface area contributed by atoms with Crippen molar-refractivity contribution in [2.75, 3.05) is 19.7 Å². The summed E-state index contributed by atoms with van der Waals surface area (Å²) < 4.78 is 35.9. The Morgan fingerprint density at radius 3 is 2.70 bits per heavy atom. The summed E-state index contributed by atoms with van der Waals surface area (Å²) in [6, 6.07) is 7.20. The maximum absolute atomic E-state index is 13.2. The van der Waals surface area contributed by atoms with Gasteiger partial charge in [0.05, 0.1) is 21.7 Å². The fourth-order valence-electron chi connectivity index (χ4n) is 4.02. The van der Waals surface area contributed by atoms with E-state index in [-0.39, 0.29) is 12.5 Å². The molecule has 1 saturated heterocycles. The SMILES string of the molecule is CCOC(=O)Cn1c(C)c(Cc2ccccc2S(=O)(=O)N2CCCC2)c2scnc21. The molecule has 0 radical (unpaired) electrons. The van der Waals surface area contributed by atoms with Crippen LogP contribution in [0.25, 0.3) is 10.3 Å². The van der Waals surface area contributed by atoms with Gasteiger partial charge < -0.3 is 9.30 Å². The minimum absolute atomic E-state index is 0.0909. The molecule has 0 bridgehead atoms. The highest BCUT2D eigenvalue weighted by atomic mass is 32.2. The molecule has 0 unspecified atom stereocenters. The van der Waals surface area contributed by atoms with Crippen LogP contribution in [0, 0.1) is 6.92 Å². The number of carbonyl (C=O) groups excluding carboxylic acids is 1. The van der Waals surface area contributed by atoms with Crippen molar-refractivity contribution >= 4 is 37.7 Å². The summed E-state index contributed by atoms with van der Waals surface area (Å²) in [6.07, 6.45) is 2.26. The van der Waals surface area contributed by atoms with Gasteiger partial charge in [0.2, 0.25) is 10.0 Å². The Hall–Kier alpha value is -2.23. The summed E-state index contributed by atoms with van der Waals surface area (Å²) in [5, 5.41) is 0. The average molecular weight is 448 g/mol. The molecule has 0 amide bonds. The summed E-state index contributed by atoms with van der Waals surface area (Å²) >= 11 is 1.50. The third kappa shape index (κ3) is 3.77. The fourth-order valence-corrected chi connectivity index (χ4v) is 6.65. The Bertz CT molecular complexity index is 1170. The minimum Gasteiger partial charge on any atom is -0.465 e. The number of esters is 1. The molecular formula is C21H25N3O4S2. The first kappa shape index (κ1) is 21.0. The largest absolute Gasteiger partial charge is 0.465 e. The molecule has 4 rings (SSSR count). The highest BCUT2D eigenvalue weighted by Gasteiger charge is 2.29. The number of rotatable bonds is 7. The Balaban J connectivity index is 1.73. The van der Waals surface area contributed by atoms with Crippen LogP contribution in [-0.4, -0.2) is 47.9 Å². The van der Waals surface area contributed by atoms with E-state index in [0.717, 1.165) is 40.0 Å². The van der Waals surface area contributed by atoms with Gasteiger partial charge in [-0.15, -0.1) is 11.3 Å². The Labute approximate surface area is 180 Å². The van der Waals surface area contributed by atoms with Gasteiger partial charge in [-0.3, -0.25) is 4.79 Å². The van der Waals surface area contributed by atoms with Gasteiger partial charge in [-0.25, -0.2) is 13.4 Å². The fraction of sp³-hybridized carbons (Fsp3) is 0.429. The number of sulfonamides is 1. The number of ether oxygens (including phenoxy) is 1. The molecule has 1 fully saturated rings. The summed E-state index contributed by atoms with van der Waals surface area (Å²) in [4.78, 5) is 16.9. The van der Waals surface area contributed by atoms with Crippen molar-refractivity contribution in [1.29, 1.82) is 0 Å². The lowest BCUT2D eigenvalue weighted by Crippen LogP contribution is -2.28. The lowest BCUT2D eigenvalue weighted by atomic mass is 10.1. The van der Waals surface area contributed by atoms with Crippen LogP contribution in [-0.2, 0) is 32.5 Å². The Kier molecular flexibility index (Phi) is 5.95. The van der Waals surface area contributed by atoms with E-state index >= 15 is 0 Å². The molecule has 160 valence electrons. The predicted octanol–water partition coefficient (Wildman–Crippen LogP) is 3.34. The maximum atomic E-state index is 13.2. The first-order valence-corrected chi connectivity index (χ1v) is 12.4. The second-order valence-corrected chi connectivity index (χ2v) is 10.1. The topological polar surface area (TPSA) is 81.5 Å². The van der Waals surface area contributed by atoms with Crippen LogP contribution in [0.15, 0.2) is 34.7 Å². The molecule has 1 aliphatic rings. The number of fused-ring (bicyclic) bond motifs is 1. The van der Waals surface area contributed by atoms with E-state index < -0.39 is 10.0 Å². The molecule has 1 aromatic carbocycles. The van der Waals surface area contributed by atoms with Crippen LogP contribution < -0.4 is 0 Å². The molecule has 9 heteroatoms. The number of hydrogen-bond acceptors (Lipinski definition) is 6. The highest BCUT2D eigenvalue weighted by molar-refractivity contribution is 7.89. The molecule has 3 aromatic rings. The molecule has 0 spiro atoms. The van der Waals surface area contributed by atoms with Crippen LogP contribution in [0.4, 0.5) is 0 Å². The van der Waals surface area contributed by atoms with Gasteiger partial charge in [-0.05, 0) is 43.9 Å². The Morgan fingerprint density at radius 1 is 1.23 bits per heavy atom. The van der Waals surface area contributed by atoms with Gasteiger partial charge in [0.15, 0.2) is 5.65 Å². The lowest BCUT2D eigenvalue weighted by molar-refractivity contribution is -0.143. The normalized spacial score (nSPS) is 15.1. The van der Waals surface area contributed by atoms with Gasteiger partial charge in [0, 0.05) is 25.2 Å². The van der Waals surface area contributed by atoms with E-state index in [1.54, 1.807) is 28.9 Å². The zero-order chi connectivity index (χ0) is 21.3. The smallest absolute Gasteiger partial charge is 0.326 e. The number of benzene rings is 1. The van der Waals surface area contributed by atoms with Crippen molar-refractivity contribution in [2.45, 2.75) is 44.6 Å². The van der Waals surface area contributed by atoms with Crippen molar-refractivity contribution in [3.63, 3.8) is 0 Å². The van der Waals surface area contributed by atoms with Crippen LogP contribution >= 0.6 is 11.3 Å². The number of thiazole rings is 1. The number of hydrogen-bond donors (Lipinski definition) is 0. The molecule has 0 atom stereocenters. The van der Waals surface area contributed by atoms with Crippen LogP contribution in [0.5, 0.6) is 0 Å². The van der Waals surface area contributed by atoms with Gasteiger partial charge >= 0.3 is 5.97 Å². The predicted molar refractivity (Wildman–Crippen MR) is 116 cm³/mol. The molecule has 1 aliphatic heterocycles. The van der Waals surface area contributed by atoms with E-state index in [9.17, 15) is 13.2 Å². The molecule has 0 saturated carbocycles. The van der Waals surface area contributed by atoms with Crippen molar-refractivity contribution in [3.8, 4) is 0 Å². The summed E-state index contributed by atoms with van der Waals surface area (Å²) in [7, 11) is -3.52. The quantitative estimate of drug-likeness (QED) is 0.519. The maximum Gasteiger partial charge on any atom is 0.326 e. The van der Waals surface area contributed by atoms with Crippen molar-refractivity contribution < 1.29 is 17.9 Å². The van der Waals surface area contributed by atoms with E-state index in [4.69, 9.17) is 4.74 Å². The van der Waals surface area contributed by atoms with Gasteiger partial charge in [-0.1, -0.05) is 18.2 Å². The number of aromatic nitrogens is 2. The zero-order valence-corrected chi connectivity index (χ0v) is 18.8. The van der Waals surface area contributed by atoms with Gasteiger partial charge in [0.25, 0.3) is 0 Å². The second-order valence-electron chi connectivity index (χ2n) is 7.36. The average Bonchev–Trinajstić information content (AvgIpc) is 3.46. The first-order valence-electron chi connectivity index (χ1n) is 10.1.